The number of hydrogen-bond donors (Lipinski definition) is 2. The van der Waals surface area contributed by atoms with E-state index in [9.17, 15) is 4.79 Å². The third kappa shape index (κ3) is 3.93. The van der Waals surface area contributed by atoms with Gasteiger partial charge in [-0.2, -0.15) is 0 Å². The van der Waals surface area contributed by atoms with Crippen LogP contribution in [0.3, 0.4) is 0 Å². The van der Waals surface area contributed by atoms with Gasteiger partial charge in [-0.05, 0) is 47.8 Å². The first-order valence-electron chi connectivity index (χ1n) is 7.04. The number of aromatic nitrogens is 1. The van der Waals surface area contributed by atoms with Crippen molar-refractivity contribution in [3.63, 3.8) is 0 Å². The van der Waals surface area contributed by atoms with Crippen molar-refractivity contribution in [1.82, 2.24) is 15.2 Å². The smallest absolute Gasteiger partial charge is 0.255 e. The monoisotopic (exact) mass is 340 g/mol. The van der Waals surface area contributed by atoms with Crippen LogP contribution in [-0.2, 0) is 0 Å². The fourth-order valence-corrected chi connectivity index (χ4v) is 2.84. The molecule has 0 bridgehead atoms. The topological polar surface area (TPSA) is 71.2 Å². The molecule has 5 nitrogen and oxygen atoms in total. The molecule has 0 spiro atoms. The van der Waals surface area contributed by atoms with Gasteiger partial charge in [0.1, 0.15) is 5.82 Å². The number of carbonyl (C=O) groups excluding carboxylic acids is 1. The second-order valence-corrected chi connectivity index (χ2v) is 6.09. The second-order valence-electron chi connectivity index (χ2n) is 5.18. The number of piperidine rings is 1. The predicted octanol–water partition coefficient (Wildman–Crippen LogP) is 2.03. The van der Waals surface area contributed by atoms with Gasteiger partial charge in [0.25, 0.3) is 5.91 Å². The highest BCUT2D eigenvalue weighted by Gasteiger charge is 2.21. The average Bonchev–Trinajstić information content (AvgIpc) is 2.44. The highest BCUT2D eigenvalue weighted by molar-refractivity contribution is 9.10. The van der Waals surface area contributed by atoms with E-state index < -0.39 is 0 Å². The molecule has 1 fully saturated rings. The summed E-state index contributed by atoms with van der Waals surface area (Å²) in [5, 5.41) is 3.06. The summed E-state index contributed by atoms with van der Waals surface area (Å²) >= 11 is 3.31. The van der Waals surface area contributed by atoms with Gasteiger partial charge in [-0.3, -0.25) is 4.79 Å². The minimum Gasteiger partial charge on any atom is -0.383 e. The normalized spacial score (nSPS) is 17.1. The van der Waals surface area contributed by atoms with Crippen LogP contribution >= 0.6 is 15.9 Å². The van der Waals surface area contributed by atoms with Crippen molar-refractivity contribution in [3.8, 4) is 0 Å². The number of nitrogens with zero attached hydrogens (tertiary/aromatic N) is 2. The fraction of sp³-hybridized carbons (Fsp3) is 0.571. The van der Waals surface area contributed by atoms with Gasteiger partial charge >= 0.3 is 0 Å². The Kier molecular flexibility index (Phi) is 5.37. The first-order chi connectivity index (χ1) is 9.60. The number of nitrogens with one attached hydrogen (secondary N) is 1. The summed E-state index contributed by atoms with van der Waals surface area (Å²) in [4.78, 5) is 18.7. The summed E-state index contributed by atoms with van der Waals surface area (Å²) in [5.74, 6) is 0.138. The Labute approximate surface area is 128 Å². The van der Waals surface area contributed by atoms with Crippen molar-refractivity contribution >= 4 is 27.7 Å². The largest absolute Gasteiger partial charge is 0.383 e. The van der Waals surface area contributed by atoms with Crippen LogP contribution < -0.4 is 11.1 Å². The van der Waals surface area contributed by atoms with Crippen LogP contribution in [-0.4, -0.2) is 41.5 Å². The molecule has 0 atom stereocenters. The van der Waals surface area contributed by atoms with Gasteiger partial charge in [-0.15, -0.1) is 0 Å². The van der Waals surface area contributed by atoms with Crippen LogP contribution in [0.2, 0.25) is 0 Å². The molecule has 1 aromatic rings. The average molecular weight is 341 g/mol. The number of rotatable bonds is 4. The van der Waals surface area contributed by atoms with Crippen LogP contribution in [0.25, 0.3) is 0 Å². The van der Waals surface area contributed by atoms with Crippen molar-refractivity contribution in [2.24, 2.45) is 0 Å². The van der Waals surface area contributed by atoms with Gasteiger partial charge in [0, 0.05) is 29.8 Å². The predicted molar refractivity (Wildman–Crippen MR) is 83.6 cm³/mol. The summed E-state index contributed by atoms with van der Waals surface area (Å²) in [7, 11) is 0. The van der Waals surface area contributed by atoms with Crippen LogP contribution in [0.4, 0.5) is 5.82 Å². The molecular formula is C14H21BrN4O. The first-order valence-corrected chi connectivity index (χ1v) is 7.83. The number of halogens is 1. The lowest BCUT2D eigenvalue weighted by atomic mass is 10.0. The summed E-state index contributed by atoms with van der Waals surface area (Å²) in [6.45, 7) is 5.43. The van der Waals surface area contributed by atoms with Gasteiger partial charge in [0.05, 0.1) is 5.56 Å². The maximum Gasteiger partial charge on any atom is 0.255 e. The van der Waals surface area contributed by atoms with E-state index in [1.54, 1.807) is 12.3 Å². The molecule has 2 heterocycles. The summed E-state index contributed by atoms with van der Waals surface area (Å²) in [5.41, 5.74) is 6.20. The van der Waals surface area contributed by atoms with Crippen molar-refractivity contribution < 1.29 is 4.79 Å². The Morgan fingerprint density at radius 3 is 2.90 bits per heavy atom. The number of hydrogen-bond acceptors (Lipinski definition) is 4. The van der Waals surface area contributed by atoms with Gasteiger partial charge in [0.15, 0.2) is 0 Å². The molecule has 1 aliphatic heterocycles. The van der Waals surface area contributed by atoms with Crippen molar-refractivity contribution in [3.05, 3.63) is 22.3 Å². The summed E-state index contributed by atoms with van der Waals surface area (Å²) in [6.07, 6.45) is 4.76. The minimum absolute atomic E-state index is 0.134. The quantitative estimate of drug-likeness (QED) is 0.879. The molecule has 0 radical (unpaired) electrons. The molecule has 6 heteroatoms. The Morgan fingerprint density at radius 2 is 2.25 bits per heavy atom. The zero-order valence-electron chi connectivity index (χ0n) is 11.7. The Balaban J connectivity index is 1.91. The van der Waals surface area contributed by atoms with E-state index in [1.807, 2.05) is 0 Å². The maximum atomic E-state index is 12.2. The molecule has 0 aliphatic carbocycles. The van der Waals surface area contributed by atoms with Gasteiger partial charge < -0.3 is 16.0 Å². The number of pyridine rings is 1. The number of likely N-dealkylation sites (tertiary alicyclic amines) is 1. The van der Waals surface area contributed by atoms with E-state index in [0.29, 0.717) is 5.56 Å². The Hall–Kier alpha value is -1.14. The molecular weight excluding hydrogens is 320 g/mol. The van der Waals surface area contributed by atoms with E-state index in [-0.39, 0.29) is 17.8 Å². The van der Waals surface area contributed by atoms with E-state index in [4.69, 9.17) is 5.73 Å². The third-order valence-corrected chi connectivity index (χ3v) is 4.03. The molecule has 2 rings (SSSR count). The molecule has 1 aromatic heterocycles. The highest BCUT2D eigenvalue weighted by Crippen LogP contribution is 2.17. The van der Waals surface area contributed by atoms with E-state index in [2.05, 4.69) is 38.1 Å². The lowest BCUT2D eigenvalue weighted by molar-refractivity contribution is 0.0911. The van der Waals surface area contributed by atoms with Gasteiger partial charge in [-0.1, -0.05) is 6.92 Å². The molecule has 0 saturated carbocycles. The van der Waals surface area contributed by atoms with Crippen LogP contribution in [0.15, 0.2) is 16.7 Å². The number of nitrogens with two attached hydrogens (primary N) is 1. The molecule has 0 aromatic carbocycles. The van der Waals surface area contributed by atoms with Crippen molar-refractivity contribution in [2.75, 3.05) is 25.4 Å². The van der Waals surface area contributed by atoms with E-state index in [1.165, 1.54) is 6.42 Å². The van der Waals surface area contributed by atoms with E-state index in [0.717, 1.165) is 36.9 Å². The minimum atomic E-state index is -0.134. The molecule has 1 saturated heterocycles. The summed E-state index contributed by atoms with van der Waals surface area (Å²) < 4.78 is 0.759. The first kappa shape index (κ1) is 15.3. The molecule has 110 valence electrons. The van der Waals surface area contributed by atoms with Crippen molar-refractivity contribution in [1.29, 1.82) is 0 Å². The van der Waals surface area contributed by atoms with Crippen LogP contribution in [0.5, 0.6) is 0 Å². The number of carbonyl (C=O) groups is 1. The van der Waals surface area contributed by atoms with Crippen molar-refractivity contribution in [2.45, 2.75) is 32.2 Å². The molecule has 0 unspecified atom stereocenters. The van der Waals surface area contributed by atoms with E-state index >= 15 is 0 Å². The van der Waals surface area contributed by atoms with Crippen LogP contribution in [0.1, 0.15) is 36.5 Å². The molecule has 3 N–H and O–H groups in total. The molecule has 20 heavy (non-hydrogen) atoms. The summed E-state index contributed by atoms with van der Waals surface area (Å²) in [6, 6.07) is 1.94. The third-order valence-electron chi connectivity index (χ3n) is 3.59. The SMILES string of the molecule is CCCN1CCC(NC(=O)c2cc(Br)cnc2N)CC1. The Bertz CT molecular complexity index is 472. The zero-order chi connectivity index (χ0) is 14.5. The number of nitrogen functional groups attached to an aromatic ring is 1. The second kappa shape index (κ2) is 7.04. The van der Waals surface area contributed by atoms with Gasteiger partial charge in [0.2, 0.25) is 0 Å². The maximum absolute atomic E-state index is 12.2. The lowest BCUT2D eigenvalue weighted by Gasteiger charge is -2.32. The number of amides is 1. The fourth-order valence-electron chi connectivity index (χ4n) is 2.51. The number of anilines is 1. The Morgan fingerprint density at radius 1 is 1.55 bits per heavy atom. The lowest BCUT2D eigenvalue weighted by Crippen LogP contribution is -2.44. The molecule has 1 amide bonds. The van der Waals surface area contributed by atoms with Gasteiger partial charge in [-0.25, -0.2) is 4.98 Å². The standard InChI is InChI=1S/C14H21BrN4O/c1-2-5-19-6-3-11(4-7-19)18-14(20)12-8-10(15)9-17-13(12)16/h8-9,11H,2-7H2,1H3,(H2,16,17)(H,18,20). The molecule has 1 aliphatic rings. The zero-order valence-corrected chi connectivity index (χ0v) is 13.3. The van der Waals surface area contributed by atoms with Crippen LogP contribution in [0, 0.1) is 0 Å². The highest BCUT2D eigenvalue weighted by atomic mass is 79.9.